The highest BCUT2D eigenvalue weighted by molar-refractivity contribution is 6.33. The van der Waals surface area contributed by atoms with Crippen molar-refractivity contribution in [3.05, 3.63) is 59.1 Å². The van der Waals surface area contributed by atoms with E-state index in [2.05, 4.69) is 27.2 Å². The molecule has 0 spiro atoms. The van der Waals surface area contributed by atoms with Crippen molar-refractivity contribution in [3.8, 4) is 0 Å². The zero-order chi connectivity index (χ0) is 22.9. The van der Waals surface area contributed by atoms with Crippen molar-refractivity contribution >= 4 is 51.3 Å². The maximum Gasteiger partial charge on any atom is 0.401 e. The van der Waals surface area contributed by atoms with Crippen LogP contribution < -0.4 is 15.5 Å². The van der Waals surface area contributed by atoms with Crippen LogP contribution in [0.1, 0.15) is 0 Å². The van der Waals surface area contributed by atoms with Gasteiger partial charge in [0.15, 0.2) is 0 Å². The Hall–Kier alpha value is -2.62. The molecule has 6 nitrogen and oxygen atoms in total. The number of aromatic amines is 1. The first kappa shape index (κ1) is 22.6. The molecule has 11 heteroatoms. The van der Waals surface area contributed by atoms with Gasteiger partial charge in [-0.15, -0.1) is 0 Å². The van der Waals surface area contributed by atoms with Crippen molar-refractivity contribution in [3.63, 3.8) is 0 Å². The van der Waals surface area contributed by atoms with Crippen LogP contribution in [0.4, 0.5) is 30.4 Å². The van der Waals surface area contributed by atoms with Crippen LogP contribution in [0, 0.1) is 0 Å². The largest absolute Gasteiger partial charge is 0.401 e. The Labute approximate surface area is 193 Å². The van der Waals surface area contributed by atoms with Crippen molar-refractivity contribution < 1.29 is 13.2 Å². The summed E-state index contributed by atoms with van der Waals surface area (Å²) in [5.74, 6) is 1.06. The molecule has 0 aliphatic carbocycles. The molecule has 0 saturated carbocycles. The number of fused-ring (bicyclic) bond motifs is 1. The molecule has 2 aromatic heterocycles. The number of hydrogen-bond donors (Lipinski definition) is 3. The second kappa shape index (κ2) is 9.09. The molecule has 4 rings (SSSR count). The van der Waals surface area contributed by atoms with Crippen LogP contribution in [0.25, 0.3) is 10.9 Å². The van der Waals surface area contributed by atoms with Crippen molar-refractivity contribution in [2.24, 2.45) is 0 Å². The lowest BCUT2D eigenvalue weighted by atomic mass is 10.2. The van der Waals surface area contributed by atoms with Crippen LogP contribution in [0.3, 0.4) is 0 Å². The average Bonchev–Trinajstić information content (AvgIpc) is 3.09. The molecule has 1 fully saturated rings. The number of rotatable bonds is 6. The number of aromatic nitrogens is 2. The van der Waals surface area contributed by atoms with Crippen molar-refractivity contribution in [1.82, 2.24) is 14.9 Å². The average molecular weight is 485 g/mol. The van der Waals surface area contributed by atoms with Gasteiger partial charge in [0.1, 0.15) is 11.6 Å². The highest BCUT2D eigenvalue weighted by Gasteiger charge is 2.32. The number of hydrogen-bond acceptors (Lipinski definition) is 5. The third-order valence-electron chi connectivity index (χ3n) is 5.12. The number of alkyl halides is 3. The molecule has 1 aliphatic rings. The molecule has 0 amide bonds. The molecule has 32 heavy (non-hydrogen) atoms. The minimum Gasteiger partial charge on any atom is -0.359 e. The minimum absolute atomic E-state index is 0.298. The normalized spacial score (nSPS) is 15.2. The Morgan fingerprint density at radius 2 is 1.88 bits per heavy atom. The Morgan fingerprint density at radius 3 is 2.56 bits per heavy atom. The second-order valence-electron chi connectivity index (χ2n) is 7.53. The lowest BCUT2D eigenvalue weighted by Crippen LogP contribution is -2.49. The van der Waals surface area contributed by atoms with E-state index in [9.17, 15) is 13.2 Å². The Balaban J connectivity index is 1.37. The maximum absolute atomic E-state index is 12.6. The molecular formula is C21H21Cl2F3N6. The molecule has 0 bridgehead atoms. The van der Waals surface area contributed by atoms with Crippen molar-refractivity contribution in [2.45, 2.75) is 6.18 Å². The smallest absolute Gasteiger partial charge is 0.359 e. The predicted octanol–water partition coefficient (Wildman–Crippen LogP) is 5.55. The molecule has 0 atom stereocenters. The molecule has 0 unspecified atom stereocenters. The van der Waals surface area contributed by atoms with Gasteiger partial charge in [-0.2, -0.15) is 13.2 Å². The molecular weight excluding hydrogens is 464 g/mol. The Morgan fingerprint density at radius 1 is 1.12 bits per heavy atom. The number of halogens is 5. The van der Waals surface area contributed by atoms with Gasteiger partial charge >= 0.3 is 6.18 Å². The van der Waals surface area contributed by atoms with Gasteiger partial charge in [-0.3, -0.25) is 4.90 Å². The van der Waals surface area contributed by atoms with Crippen molar-refractivity contribution in [2.75, 3.05) is 48.3 Å². The predicted molar refractivity (Wildman–Crippen MR) is 124 cm³/mol. The zero-order valence-electron chi connectivity index (χ0n) is 16.9. The summed E-state index contributed by atoms with van der Waals surface area (Å²) in [5, 5.41) is 8.26. The summed E-state index contributed by atoms with van der Waals surface area (Å²) in [6.07, 6.45) is -0.760. The van der Waals surface area contributed by atoms with Gasteiger partial charge in [0.05, 0.1) is 29.1 Å². The molecule has 1 aliphatic heterocycles. The molecule has 1 saturated heterocycles. The van der Waals surface area contributed by atoms with E-state index in [1.165, 1.54) is 4.90 Å². The summed E-state index contributed by atoms with van der Waals surface area (Å²) in [6, 6.07) is 7.27. The number of nitrogens with one attached hydrogen (secondary N) is 3. The zero-order valence-corrected chi connectivity index (χ0v) is 18.5. The Kier molecular flexibility index (Phi) is 6.41. The molecule has 0 radical (unpaired) electrons. The van der Waals surface area contributed by atoms with Crippen LogP contribution in [-0.4, -0.2) is 53.8 Å². The van der Waals surface area contributed by atoms with E-state index in [1.807, 2.05) is 29.3 Å². The monoisotopic (exact) mass is 484 g/mol. The first-order chi connectivity index (χ1) is 15.2. The van der Waals surface area contributed by atoms with Crippen LogP contribution in [0.5, 0.6) is 0 Å². The molecule has 170 valence electrons. The van der Waals surface area contributed by atoms with Crippen LogP contribution in [0.15, 0.2) is 49.1 Å². The van der Waals surface area contributed by atoms with Gasteiger partial charge in [-0.25, -0.2) is 4.98 Å². The minimum atomic E-state index is -4.19. The maximum atomic E-state index is 12.6. The second-order valence-corrected chi connectivity index (χ2v) is 8.37. The summed E-state index contributed by atoms with van der Waals surface area (Å²) in [5.41, 5.74) is 2.38. The van der Waals surface area contributed by atoms with E-state index in [0.717, 1.165) is 16.6 Å². The highest BCUT2D eigenvalue weighted by Crippen LogP contribution is 2.30. The summed E-state index contributed by atoms with van der Waals surface area (Å²) in [6.45, 7) is 4.53. The van der Waals surface area contributed by atoms with Crippen molar-refractivity contribution in [1.29, 1.82) is 0 Å². The van der Waals surface area contributed by atoms with Crippen LogP contribution in [-0.2, 0) is 0 Å². The van der Waals surface area contributed by atoms with Gasteiger partial charge in [0, 0.05) is 48.3 Å². The lowest BCUT2D eigenvalue weighted by molar-refractivity contribution is -0.146. The summed E-state index contributed by atoms with van der Waals surface area (Å²) < 4.78 is 37.7. The number of anilines is 3. The van der Waals surface area contributed by atoms with E-state index in [1.54, 1.807) is 12.3 Å². The van der Waals surface area contributed by atoms with E-state index < -0.39 is 12.7 Å². The fourth-order valence-corrected chi connectivity index (χ4v) is 4.13. The third-order valence-corrected chi connectivity index (χ3v) is 5.63. The molecule has 3 aromatic rings. The standard InChI is InChI=1S/C21H21Cl2F3N6/c1-13(30-19-11-27-18-3-2-14(22)8-16(18)19)29-15-9-17(23)20(28-10-15)32-6-4-31(5-7-32)12-21(24,25)26/h2-3,8-11,27,29-30H,1,4-7,12H2. The summed E-state index contributed by atoms with van der Waals surface area (Å²) >= 11 is 12.5. The number of benzene rings is 1. The number of piperazine rings is 1. The van der Waals surface area contributed by atoms with Gasteiger partial charge < -0.3 is 20.5 Å². The number of pyridine rings is 1. The Bertz CT molecular complexity index is 1120. The van der Waals surface area contributed by atoms with Gasteiger partial charge in [0.2, 0.25) is 0 Å². The van der Waals surface area contributed by atoms with Crippen LogP contribution >= 0.6 is 23.2 Å². The van der Waals surface area contributed by atoms with Gasteiger partial charge in [-0.05, 0) is 24.3 Å². The fraction of sp³-hybridized carbons (Fsp3) is 0.286. The summed E-state index contributed by atoms with van der Waals surface area (Å²) in [7, 11) is 0. The lowest BCUT2D eigenvalue weighted by Gasteiger charge is -2.36. The van der Waals surface area contributed by atoms with E-state index in [-0.39, 0.29) is 0 Å². The van der Waals surface area contributed by atoms with Gasteiger partial charge in [-0.1, -0.05) is 29.8 Å². The number of nitrogens with zero attached hydrogens (tertiary/aromatic N) is 3. The third kappa shape index (κ3) is 5.40. The fourth-order valence-electron chi connectivity index (χ4n) is 3.67. The molecule has 1 aromatic carbocycles. The molecule has 3 heterocycles. The van der Waals surface area contributed by atoms with E-state index >= 15 is 0 Å². The topological polar surface area (TPSA) is 59.2 Å². The molecule has 3 N–H and O–H groups in total. The van der Waals surface area contributed by atoms with Crippen LogP contribution in [0.2, 0.25) is 10.0 Å². The van der Waals surface area contributed by atoms with E-state index in [0.29, 0.717) is 53.6 Å². The number of H-pyrrole nitrogens is 1. The quantitative estimate of drug-likeness (QED) is 0.428. The SMILES string of the molecule is C=C(Nc1cnc(N2CCN(CC(F)(F)F)CC2)c(Cl)c1)Nc1c[nH]c2ccc(Cl)cc12. The highest BCUT2D eigenvalue weighted by atomic mass is 35.5. The van der Waals surface area contributed by atoms with E-state index in [4.69, 9.17) is 23.2 Å². The first-order valence-corrected chi connectivity index (χ1v) is 10.6. The first-order valence-electron chi connectivity index (χ1n) is 9.87. The summed E-state index contributed by atoms with van der Waals surface area (Å²) in [4.78, 5) is 10.8. The van der Waals surface area contributed by atoms with Gasteiger partial charge in [0.25, 0.3) is 0 Å².